The Kier molecular flexibility index (Phi) is 5.06. The molecule has 7 nitrogen and oxygen atoms in total. The van der Waals surface area contributed by atoms with E-state index in [1.54, 1.807) is 17.5 Å². The Hall–Kier alpha value is -2.74. The molecule has 4 N–H and O–H groups in total. The second-order valence-corrected chi connectivity index (χ2v) is 11.8. The molecule has 0 unspecified atom stereocenters. The molecule has 0 aromatic carbocycles. The lowest BCUT2D eigenvalue weighted by Gasteiger charge is -2.56. The number of fused-ring (bicyclic) bond motifs is 7. The van der Waals surface area contributed by atoms with Crippen molar-refractivity contribution in [3.8, 4) is 0 Å². The van der Waals surface area contributed by atoms with E-state index in [9.17, 15) is 4.79 Å². The number of pyridine rings is 1. The Morgan fingerprint density at radius 3 is 2.82 bits per heavy atom. The zero-order chi connectivity index (χ0) is 23.5. The topological polar surface area (TPSA) is 105 Å². The lowest BCUT2D eigenvalue weighted by atomic mass is 9.48. The van der Waals surface area contributed by atoms with Gasteiger partial charge in [-0.1, -0.05) is 37.3 Å². The van der Waals surface area contributed by atoms with Crippen LogP contribution in [0.2, 0.25) is 0 Å². The molecular weight excluding hydrogens is 444 g/mol. The molecule has 6 rings (SSSR count). The van der Waals surface area contributed by atoms with Crippen molar-refractivity contribution in [2.24, 2.45) is 39.4 Å². The molecule has 178 valence electrons. The van der Waals surface area contributed by atoms with Gasteiger partial charge in [0, 0.05) is 17.3 Å². The van der Waals surface area contributed by atoms with E-state index in [4.69, 9.17) is 10.7 Å². The van der Waals surface area contributed by atoms with Crippen molar-refractivity contribution in [3.63, 3.8) is 0 Å². The van der Waals surface area contributed by atoms with E-state index in [1.165, 1.54) is 22.6 Å². The van der Waals surface area contributed by atoms with Gasteiger partial charge >= 0.3 is 6.03 Å². The summed E-state index contributed by atoms with van der Waals surface area (Å²) in [7, 11) is 0. The minimum absolute atomic E-state index is 0.0649. The average Bonchev–Trinajstić information content (AvgIpc) is 3.38. The van der Waals surface area contributed by atoms with E-state index in [1.807, 2.05) is 18.2 Å². The van der Waals surface area contributed by atoms with E-state index in [2.05, 4.69) is 40.8 Å². The third-order valence-corrected chi connectivity index (χ3v) is 10.3. The zero-order valence-corrected chi connectivity index (χ0v) is 20.6. The number of amides is 2. The average molecular weight is 477 g/mol. The van der Waals surface area contributed by atoms with E-state index in [-0.39, 0.29) is 10.8 Å². The smallest absolute Gasteiger partial charge is 0.332 e. The maximum atomic E-state index is 11.2. The first-order chi connectivity index (χ1) is 16.4. The number of allylic oxidation sites excluding steroid dienone is 2. The summed E-state index contributed by atoms with van der Waals surface area (Å²) in [6, 6.07) is 5.32. The molecule has 0 saturated heterocycles. The monoisotopic (exact) mass is 476 g/mol. The van der Waals surface area contributed by atoms with Gasteiger partial charge in [0.25, 0.3) is 0 Å². The molecule has 0 radical (unpaired) electrons. The summed E-state index contributed by atoms with van der Waals surface area (Å²) in [6.07, 6.45) is 12.1. The standard InChI is InChI=1S/C26H32N6OS/c1-25-13-11-19-22(34-24(29-19)30-21-5-3-4-14-28-21)18(25)7-6-15-16-8-9-20(31-32-23(27)33)26(16,2)12-10-17(15)25/h3-5,7,14-17H,6,8-13H2,1-2H3,(H3,27,32,33)(H,28,29,30)/b31-20+/t15-,16-,17-,25+,26-/m0/s1. The summed E-state index contributed by atoms with van der Waals surface area (Å²) in [5.74, 6) is 2.79. The number of aromatic nitrogens is 2. The number of hydrazone groups is 1. The number of hydrogen-bond donors (Lipinski definition) is 3. The summed E-state index contributed by atoms with van der Waals surface area (Å²) in [5, 5.41) is 8.78. The first kappa shape index (κ1) is 21.8. The highest BCUT2D eigenvalue weighted by atomic mass is 32.1. The van der Waals surface area contributed by atoms with E-state index in [0.29, 0.717) is 17.8 Å². The van der Waals surface area contributed by atoms with Crippen LogP contribution in [0, 0.1) is 28.6 Å². The Morgan fingerprint density at radius 1 is 1.18 bits per heavy atom. The van der Waals surface area contributed by atoms with Gasteiger partial charge in [-0.25, -0.2) is 20.2 Å². The number of aryl methyl sites for hydroxylation is 1. The second-order valence-electron chi connectivity index (χ2n) is 10.8. The molecule has 0 aliphatic heterocycles. The molecule has 2 heterocycles. The van der Waals surface area contributed by atoms with Crippen LogP contribution in [-0.4, -0.2) is 21.7 Å². The molecule has 2 amide bonds. The van der Waals surface area contributed by atoms with E-state index < -0.39 is 6.03 Å². The third kappa shape index (κ3) is 3.29. The molecule has 2 fully saturated rings. The predicted molar refractivity (Wildman–Crippen MR) is 136 cm³/mol. The van der Waals surface area contributed by atoms with Crippen LogP contribution in [0.25, 0.3) is 5.57 Å². The highest BCUT2D eigenvalue weighted by molar-refractivity contribution is 7.16. The number of thiazole rings is 1. The van der Waals surface area contributed by atoms with Crippen molar-refractivity contribution in [2.45, 2.75) is 58.8 Å². The molecule has 4 aliphatic rings. The van der Waals surface area contributed by atoms with Crippen LogP contribution in [0.5, 0.6) is 0 Å². The van der Waals surface area contributed by atoms with Gasteiger partial charge in [-0.3, -0.25) is 0 Å². The Bertz CT molecular complexity index is 1190. The van der Waals surface area contributed by atoms with E-state index in [0.717, 1.165) is 55.2 Å². The fourth-order valence-electron chi connectivity index (χ4n) is 7.57. The predicted octanol–water partition coefficient (Wildman–Crippen LogP) is 5.49. The minimum Gasteiger partial charge on any atom is -0.350 e. The summed E-state index contributed by atoms with van der Waals surface area (Å²) >= 11 is 1.78. The SMILES string of the molecule is C[C@]12CCc3nc(Nc4ccccn4)sc3C1=CC[C@@H]1[C@@H]2CC[C@]2(C)/C(=N/NC(N)=O)CC[C@@H]12. The van der Waals surface area contributed by atoms with Crippen molar-refractivity contribution >= 4 is 39.6 Å². The molecule has 4 aliphatic carbocycles. The first-order valence-corrected chi connectivity index (χ1v) is 13.2. The summed E-state index contributed by atoms with van der Waals surface area (Å²) < 4.78 is 0. The van der Waals surface area contributed by atoms with Crippen LogP contribution < -0.4 is 16.5 Å². The molecule has 2 saturated carbocycles. The first-order valence-electron chi connectivity index (χ1n) is 12.4. The fourth-order valence-corrected chi connectivity index (χ4v) is 8.77. The van der Waals surface area contributed by atoms with Gasteiger partial charge in [0.2, 0.25) is 0 Å². The number of hydrogen-bond acceptors (Lipinski definition) is 6. The van der Waals surface area contributed by atoms with Crippen molar-refractivity contribution in [3.05, 3.63) is 41.0 Å². The third-order valence-electron chi connectivity index (χ3n) is 9.23. The number of urea groups is 1. The van der Waals surface area contributed by atoms with Gasteiger partial charge in [0.05, 0.1) is 10.6 Å². The highest BCUT2D eigenvalue weighted by Gasteiger charge is 2.58. The molecule has 34 heavy (non-hydrogen) atoms. The summed E-state index contributed by atoms with van der Waals surface area (Å²) in [6.45, 7) is 4.87. The number of primary amides is 1. The van der Waals surface area contributed by atoms with Crippen molar-refractivity contribution in [1.29, 1.82) is 0 Å². The highest BCUT2D eigenvalue weighted by Crippen LogP contribution is 2.65. The number of anilines is 2. The summed E-state index contributed by atoms with van der Waals surface area (Å²) in [5.41, 5.74) is 11.9. The van der Waals surface area contributed by atoms with Crippen molar-refractivity contribution in [1.82, 2.24) is 15.4 Å². The Balaban J connectivity index is 1.29. The molecule has 2 aromatic rings. The molecule has 0 bridgehead atoms. The molecular formula is C26H32N6OS. The normalized spacial score (nSPS) is 34.9. The molecule has 5 atom stereocenters. The lowest BCUT2D eigenvalue weighted by Crippen LogP contribution is -2.49. The van der Waals surface area contributed by atoms with Gasteiger partial charge in [0.1, 0.15) is 5.82 Å². The number of carbonyl (C=O) groups is 1. The van der Waals surface area contributed by atoms with Gasteiger partial charge in [-0.15, -0.1) is 0 Å². The number of rotatable bonds is 3. The van der Waals surface area contributed by atoms with E-state index >= 15 is 0 Å². The number of nitrogens with zero attached hydrogens (tertiary/aromatic N) is 3. The molecule has 2 aromatic heterocycles. The van der Waals surface area contributed by atoms with Crippen LogP contribution in [0.1, 0.15) is 62.9 Å². The number of carbonyl (C=O) groups excluding carboxylic acids is 1. The van der Waals surface area contributed by atoms with Gasteiger partial charge < -0.3 is 11.1 Å². The van der Waals surface area contributed by atoms with Gasteiger partial charge in [0.15, 0.2) is 5.13 Å². The van der Waals surface area contributed by atoms with Crippen LogP contribution in [-0.2, 0) is 6.42 Å². The van der Waals surface area contributed by atoms with Gasteiger partial charge in [-0.2, -0.15) is 5.10 Å². The maximum Gasteiger partial charge on any atom is 0.332 e. The summed E-state index contributed by atoms with van der Waals surface area (Å²) in [4.78, 5) is 22.0. The van der Waals surface area contributed by atoms with Gasteiger partial charge in [-0.05, 0) is 85.8 Å². The second kappa shape index (κ2) is 7.90. The van der Waals surface area contributed by atoms with Crippen molar-refractivity contribution in [2.75, 3.05) is 5.32 Å². The fraction of sp³-hybridized carbons (Fsp3) is 0.538. The van der Waals surface area contributed by atoms with Crippen molar-refractivity contribution < 1.29 is 4.79 Å². The quantitative estimate of drug-likeness (QED) is 0.510. The largest absolute Gasteiger partial charge is 0.350 e. The van der Waals surface area contributed by atoms with Crippen LogP contribution in [0.15, 0.2) is 35.6 Å². The zero-order valence-electron chi connectivity index (χ0n) is 19.8. The maximum absolute atomic E-state index is 11.2. The van der Waals surface area contributed by atoms with Crippen LogP contribution >= 0.6 is 11.3 Å². The van der Waals surface area contributed by atoms with Crippen LogP contribution in [0.4, 0.5) is 15.7 Å². The lowest BCUT2D eigenvalue weighted by molar-refractivity contribution is 0.0116. The number of nitrogens with two attached hydrogens (primary N) is 1. The molecule has 8 heteroatoms. The van der Waals surface area contributed by atoms with Crippen LogP contribution in [0.3, 0.4) is 0 Å². The minimum atomic E-state index is -0.578. The Morgan fingerprint density at radius 2 is 2.03 bits per heavy atom. The number of nitrogens with one attached hydrogen (secondary N) is 2. The Labute approximate surface area is 204 Å². The molecule has 0 spiro atoms.